The van der Waals surface area contributed by atoms with E-state index in [-0.39, 0.29) is 0 Å². The van der Waals surface area contributed by atoms with Crippen molar-refractivity contribution >= 4 is 12.2 Å². The Hall–Kier alpha value is -2.60. The van der Waals surface area contributed by atoms with Crippen LogP contribution >= 0.6 is 0 Å². The maximum absolute atomic E-state index is 2.31. The smallest absolute Gasteiger partial charge is 0.0187 e. The molecule has 1 unspecified atom stereocenters. The minimum Gasteiger partial charge on any atom is -0.0622 e. The van der Waals surface area contributed by atoms with E-state index >= 15 is 0 Å². The van der Waals surface area contributed by atoms with Crippen LogP contribution in [0.4, 0.5) is 0 Å². The zero-order valence-electron chi connectivity index (χ0n) is 14.2. The van der Waals surface area contributed by atoms with E-state index in [2.05, 4.69) is 97.9 Å². The zero-order chi connectivity index (χ0) is 16.6. The van der Waals surface area contributed by atoms with Crippen LogP contribution in [0.5, 0.6) is 0 Å². The summed E-state index contributed by atoms with van der Waals surface area (Å²) < 4.78 is 0. The molecule has 0 saturated carbocycles. The molecule has 0 aliphatic rings. The highest BCUT2D eigenvalue weighted by atomic mass is 14.1. The molecule has 0 saturated heterocycles. The number of aryl methyl sites for hydroxylation is 1. The Morgan fingerprint density at radius 3 is 1.83 bits per heavy atom. The second kappa shape index (κ2) is 8.31. The molecule has 0 aliphatic carbocycles. The summed E-state index contributed by atoms with van der Waals surface area (Å²) in [5, 5.41) is 0. The van der Waals surface area contributed by atoms with E-state index in [0.717, 1.165) is 6.42 Å². The fourth-order valence-electron chi connectivity index (χ4n) is 2.88. The first-order chi connectivity index (χ1) is 11.8. The van der Waals surface area contributed by atoms with Crippen LogP contribution in [-0.2, 0) is 6.42 Å². The van der Waals surface area contributed by atoms with Crippen LogP contribution < -0.4 is 0 Å². The van der Waals surface area contributed by atoms with Crippen LogP contribution in [0.25, 0.3) is 12.2 Å². The van der Waals surface area contributed by atoms with E-state index in [1.54, 1.807) is 0 Å². The van der Waals surface area contributed by atoms with Crippen molar-refractivity contribution in [1.29, 1.82) is 0 Å². The molecule has 0 spiro atoms. The Kier molecular flexibility index (Phi) is 5.63. The van der Waals surface area contributed by atoms with Gasteiger partial charge in [-0.05, 0) is 41.0 Å². The van der Waals surface area contributed by atoms with Crippen molar-refractivity contribution in [1.82, 2.24) is 0 Å². The molecule has 3 rings (SSSR count). The van der Waals surface area contributed by atoms with Crippen molar-refractivity contribution in [3.8, 4) is 0 Å². The highest BCUT2D eigenvalue weighted by Crippen LogP contribution is 2.21. The summed E-state index contributed by atoms with van der Waals surface area (Å²) in [7, 11) is 0. The predicted octanol–water partition coefficient (Wildman–Crippen LogP) is 6.59. The van der Waals surface area contributed by atoms with Crippen LogP contribution in [-0.4, -0.2) is 0 Å². The second-order valence-electron chi connectivity index (χ2n) is 6.34. The van der Waals surface area contributed by atoms with E-state index in [9.17, 15) is 0 Å². The Labute approximate surface area is 145 Å². The summed E-state index contributed by atoms with van der Waals surface area (Å²) in [4.78, 5) is 0. The van der Waals surface area contributed by atoms with Crippen molar-refractivity contribution in [3.05, 3.63) is 107 Å². The molecular weight excluding hydrogens is 288 g/mol. The average molecular weight is 312 g/mol. The Morgan fingerprint density at radius 2 is 1.21 bits per heavy atom. The maximum atomic E-state index is 2.31. The van der Waals surface area contributed by atoms with Gasteiger partial charge in [0.2, 0.25) is 0 Å². The third kappa shape index (κ3) is 4.70. The molecule has 0 nitrogen and oxygen atoms in total. The van der Waals surface area contributed by atoms with E-state index in [0.29, 0.717) is 5.92 Å². The van der Waals surface area contributed by atoms with E-state index in [1.807, 2.05) is 6.07 Å². The van der Waals surface area contributed by atoms with Gasteiger partial charge in [0.25, 0.3) is 0 Å². The summed E-state index contributed by atoms with van der Waals surface area (Å²) in [5.41, 5.74) is 5.33. The van der Waals surface area contributed by atoms with Gasteiger partial charge in [-0.3, -0.25) is 0 Å². The normalized spacial score (nSPS) is 12.4. The van der Waals surface area contributed by atoms with Gasteiger partial charge in [-0.2, -0.15) is 0 Å². The van der Waals surface area contributed by atoms with Gasteiger partial charge >= 0.3 is 0 Å². The number of hydrogen-bond donors (Lipinski definition) is 0. The molecule has 24 heavy (non-hydrogen) atoms. The Bertz CT molecular complexity index is 752. The van der Waals surface area contributed by atoms with Crippen molar-refractivity contribution in [3.63, 3.8) is 0 Å². The van der Waals surface area contributed by atoms with Gasteiger partial charge in [0.1, 0.15) is 0 Å². The number of benzene rings is 3. The van der Waals surface area contributed by atoms with Gasteiger partial charge in [-0.15, -0.1) is 0 Å². The lowest BCUT2D eigenvalue weighted by molar-refractivity contribution is 0.679. The van der Waals surface area contributed by atoms with E-state index < -0.39 is 0 Å². The van der Waals surface area contributed by atoms with E-state index in [4.69, 9.17) is 0 Å². The standard InChI is InChI=1S/C24H24/c1-20(24-10-6-3-7-11-24)12-13-22-16-18-23(19-17-22)15-14-21-8-4-2-5-9-21/h2-11,14-20H,12-13H2,1H3/b15-14+. The highest BCUT2D eigenvalue weighted by molar-refractivity contribution is 5.69. The topological polar surface area (TPSA) is 0 Å². The quantitative estimate of drug-likeness (QED) is 0.450. The molecule has 0 heterocycles. The number of hydrogen-bond acceptors (Lipinski definition) is 0. The predicted molar refractivity (Wildman–Crippen MR) is 105 cm³/mol. The lowest BCUT2D eigenvalue weighted by Gasteiger charge is -2.11. The van der Waals surface area contributed by atoms with E-state index in [1.165, 1.54) is 28.7 Å². The van der Waals surface area contributed by atoms with Crippen LogP contribution in [0.2, 0.25) is 0 Å². The van der Waals surface area contributed by atoms with Crippen molar-refractivity contribution in [2.24, 2.45) is 0 Å². The largest absolute Gasteiger partial charge is 0.0622 e. The van der Waals surface area contributed by atoms with Crippen LogP contribution in [0, 0.1) is 0 Å². The molecule has 0 heteroatoms. The van der Waals surface area contributed by atoms with Gasteiger partial charge in [0.15, 0.2) is 0 Å². The Morgan fingerprint density at radius 1 is 0.667 bits per heavy atom. The van der Waals surface area contributed by atoms with Gasteiger partial charge < -0.3 is 0 Å². The maximum Gasteiger partial charge on any atom is -0.0187 e. The summed E-state index contributed by atoms with van der Waals surface area (Å²) >= 11 is 0. The van der Waals surface area contributed by atoms with Gasteiger partial charge in [0.05, 0.1) is 0 Å². The first-order valence-electron chi connectivity index (χ1n) is 8.68. The molecule has 120 valence electrons. The van der Waals surface area contributed by atoms with Crippen molar-refractivity contribution in [2.75, 3.05) is 0 Å². The molecule has 0 fully saturated rings. The zero-order valence-corrected chi connectivity index (χ0v) is 14.2. The molecule has 1 atom stereocenters. The van der Waals surface area contributed by atoms with Crippen molar-refractivity contribution in [2.45, 2.75) is 25.7 Å². The molecule has 0 aromatic heterocycles. The first-order valence-corrected chi connectivity index (χ1v) is 8.68. The van der Waals surface area contributed by atoms with Crippen molar-refractivity contribution < 1.29 is 0 Å². The molecule has 0 aliphatic heterocycles. The fraction of sp³-hybridized carbons (Fsp3) is 0.167. The number of rotatable bonds is 6. The van der Waals surface area contributed by atoms with Crippen LogP contribution in [0.1, 0.15) is 41.5 Å². The minimum absolute atomic E-state index is 0.601. The molecule has 0 N–H and O–H groups in total. The average Bonchev–Trinajstić information content (AvgIpc) is 2.67. The molecule has 3 aromatic carbocycles. The summed E-state index contributed by atoms with van der Waals surface area (Å²) in [6, 6.07) is 30.1. The molecule has 0 bridgehead atoms. The lowest BCUT2D eigenvalue weighted by atomic mass is 9.94. The molecule has 3 aromatic rings. The fourth-order valence-corrected chi connectivity index (χ4v) is 2.88. The first kappa shape index (κ1) is 16.3. The van der Waals surface area contributed by atoms with Gasteiger partial charge in [-0.25, -0.2) is 0 Å². The van der Waals surface area contributed by atoms with Crippen LogP contribution in [0.3, 0.4) is 0 Å². The third-order valence-electron chi connectivity index (χ3n) is 4.48. The van der Waals surface area contributed by atoms with Crippen LogP contribution in [0.15, 0.2) is 84.9 Å². The SMILES string of the molecule is CC(CCc1ccc(/C=C/c2ccccc2)cc1)c1ccccc1. The minimum atomic E-state index is 0.601. The lowest BCUT2D eigenvalue weighted by Crippen LogP contribution is -1.96. The second-order valence-corrected chi connectivity index (χ2v) is 6.34. The van der Waals surface area contributed by atoms with Gasteiger partial charge in [0, 0.05) is 0 Å². The summed E-state index contributed by atoms with van der Waals surface area (Å²) in [6.45, 7) is 2.31. The summed E-state index contributed by atoms with van der Waals surface area (Å²) in [5.74, 6) is 0.601. The molecule has 0 amide bonds. The summed E-state index contributed by atoms with van der Waals surface area (Å²) in [6.07, 6.45) is 6.64. The molecule has 0 radical (unpaired) electrons. The van der Waals surface area contributed by atoms with Gasteiger partial charge in [-0.1, -0.05) is 104 Å². The monoisotopic (exact) mass is 312 g/mol. The highest BCUT2D eigenvalue weighted by Gasteiger charge is 2.05. The molecular formula is C24H24. The third-order valence-corrected chi connectivity index (χ3v) is 4.48. The Balaban J connectivity index is 1.56.